The fraction of sp³-hybridized carbons (Fsp3) is 0.471. The Morgan fingerprint density at radius 1 is 0.758 bits per heavy atom. The lowest BCUT2D eigenvalue weighted by atomic mass is 10.0. The molecule has 8 atom stereocenters. The monoisotopic (exact) mass is 902 g/mol. The molecule has 2 heterocycles. The van der Waals surface area contributed by atoms with E-state index in [9.17, 15) is 82.9 Å². The van der Waals surface area contributed by atoms with E-state index in [1.807, 2.05) is 20.9 Å². The minimum Gasteiger partial charge on any atom is -0.481 e. The van der Waals surface area contributed by atoms with E-state index in [-0.39, 0.29) is 16.7 Å². The standard InChI is InChI=1S/C34H43N6O21P/c1-14(29(49)37-20(33(55)56)5-8-25(45)35-18(31(51)52)4-7-24(44)36-19(32(53)54)6-9-26(46)47)61-62(58,59)60-13-23(43)27(48)22(42)12-40-21-11-16(41)3-2-15(21)10-17-28(40)38-34(57)39-30(17)50/h2-3,10-11,14,18-20,22-23,27,42-43,48H,4-9,12-13H2,1H3,(H,35,45)(H,36,44)(H,37,49)(H,46,47)(H,51,52)(H,53,54)(H,55,56)(H,58,59)(H2,38,39,50,57). The lowest BCUT2D eigenvalue weighted by Crippen LogP contribution is -2.47. The number of H-pyrrole nitrogens is 2. The molecule has 28 heteroatoms. The number of pyridine rings is 1. The lowest BCUT2D eigenvalue weighted by Gasteiger charge is -2.26. The Bertz CT molecular complexity index is 2360. The normalized spacial score (nSPS) is 15.8. The molecular formula is C34H43N6O21P. The molecule has 3 rings (SSSR count). The van der Waals surface area contributed by atoms with Crippen molar-refractivity contribution >= 4 is 60.5 Å². The topological polar surface area (TPSA) is 441 Å². The van der Waals surface area contributed by atoms with Crippen LogP contribution in [0, 0.1) is 0 Å². The van der Waals surface area contributed by atoms with E-state index in [0.29, 0.717) is 5.56 Å². The Kier molecular flexibility index (Phi) is 17.7. The summed E-state index contributed by atoms with van der Waals surface area (Å²) in [5.41, 5.74) is -2.02. The molecule has 0 aromatic carbocycles. The lowest BCUT2D eigenvalue weighted by molar-refractivity contribution is -0.144. The number of aliphatic carboxylic acids is 4. The Labute approximate surface area is 346 Å². The van der Waals surface area contributed by atoms with Gasteiger partial charge in [-0.2, -0.15) is 0 Å². The highest BCUT2D eigenvalue weighted by atomic mass is 31.2. The van der Waals surface area contributed by atoms with Crippen molar-refractivity contribution in [2.45, 2.75) is 94.5 Å². The molecule has 8 unspecified atom stereocenters. The number of nitrogens with zero attached hydrogens (tertiary/aromatic N) is 1. The van der Waals surface area contributed by atoms with Gasteiger partial charge in [-0.25, -0.2) is 23.7 Å². The summed E-state index contributed by atoms with van der Waals surface area (Å²) in [6, 6.07) is -0.155. The molecule has 0 saturated carbocycles. The minimum atomic E-state index is -5.31. The molecule has 1 aromatic rings. The van der Waals surface area contributed by atoms with Crippen LogP contribution in [-0.2, 0) is 53.7 Å². The van der Waals surface area contributed by atoms with Crippen LogP contribution in [0.3, 0.4) is 0 Å². The molecule has 0 saturated heterocycles. The number of carbonyl (C=O) groups excluding carboxylic acids is 3. The van der Waals surface area contributed by atoms with Crippen LogP contribution in [0.5, 0.6) is 0 Å². The van der Waals surface area contributed by atoms with Crippen molar-refractivity contribution in [2.75, 3.05) is 6.61 Å². The van der Waals surface area contributed by atoms with Crippen LogP contribution in [0.1, 0.15) is 45.4 Å². The number of carboxylic acids is 4. The minimum absolute atomic E-state index is 0.0761. The number of carbonyl (C=O) groups is 7. The molecular weight excluding hydrogens is 859 g/mol. The predicted octanol–water partition coefficient (Wildman–Crippen LogP) is -3.78. The Hall–Kier alpha value is -6.35. The number of aromatic nitrogens is 3. The molecule has 1 aromatic heterocycles. The summed E-state index contributed by atoms with van der Waals surface area (Å²) >= 11 is 0. The van der Waals surface area contributed by atoms with E-state index in [0.717, 1.165) is 17.6 Å². The third kappa shape index (κ3) is 14.7. The zero-order valence-corrected chi connectivity index (χ0v) is 33.2. The SMILES string of the molecule is CC(OP(=O)(O)OCC(O)C(O)C(O)Cn1c2cc(=O)ccc-2cc2c(=O)[nH]c(=O)[nH]c21)C(=O)NC(CCC(=O)NC(CCC(=O)NC(CCC(=O)O)C(=O)O)C(=O)O)C(=O)O. The van der Waals surface area contributed by atoms with Crippen molar-refractivity contribution in [3.8, 4) is 11.3 Å². The van der Waals surface area contributed by atoms with Crippen LogP contribution in [0.4, 0.5) is 0 Å². The van der Waals surface area contributed by atoms with Gasteiger partial charge < -0.3 is 61.2 Å². The van der Waals surface area contributed by atoms with Crippen LogP contribution in [0.15, 0.2) is 38.6 Å². The first kappa shape index (κ1) is 50.0. The largest absolute Gasteiger partial charge is 0.481 e. The summed E-state index contributed by atoms with van der Waals surface area (Å²) < 4.78 is 23.1. The van der Waals surface area contributed by atoms with E-state index in [1.54, 1.807) is 0 Å². The number of aliphatic hydroxyl groups excluding tert-OH is 3. The predicted molar refractivity (Wildman–Crippen MR) is 204 cm³/mol. The molecule has 13 N–H and O–H groups in total. The number of benzene rings is 1. The van der Waals surface area contributed by atoms with Crippen LogP contribution in [-0.4, -0.2) is 146 Å². The maximum atomic E-state index is 12.7. The van der Waals surface area contributed by atoms with Crippen LogP contribution in [0.2, 0.25) is 0 Å². The Morgan fingerprint density at radius 3 is 1.82 bits per heavy atom. The fourth-order valence-corrected chi connectivity index (χ4v) is 6.58. The maximum Gasteiger partial charge on any atom is 0.473 e. The van der Waals surface area contributed by atoms with Crippen molar-refractivity contribution in [2.24, 2.45) is 0 Å². The quantitative estimate of drug-likeness (QED) is 0.0287. The van der Waals surface area contributed by atoms with Gasteiger partial charge in [-0.1, -0.05) is 0 Å². The summed E-state index contributed by atoms with van der Waals surface area (Å²) in [6.45, 7) is -0.998. The number of aliphatic hydroxyl groups is 3. The summed E-state index contributed by atoms with van der Waals surface area (Å²) in [4.78, 5) is 134. The second-order valence-corrected chi connectivity index (χ2v) is 15.0. The van der Waals surface area contributed by atoms with Crippen molar-refractivity contribution in [3.63, 3.8) is 0 Å². The molecule has 0 fully saturated rings. The molecule has 27 nitrogen and oxygen atoms in total. The fourth-order valence-electron chi connectivity index (χ4n) is 5.69. The highest BCUT2D eigenvalue weighted by Gasteiger charge is 2.34. The van der Waals surface area contributed by atoms with Gasteiger partial charge in [-0.3, -0.25) is 47.8 Å². The van der Waals surface area contributed by atoms with E-state index in [4.69, 9.17) is 14.7 Å². The first-order valence-corrected chi connectivity index (χ1v) is 19.7. The number of aromatic amines is 2. The van der Waals surface area contributed by atoms with E-state index < -0.39 is 160 Å². The number of phosphoric ester groups is 1. The van der Waals surface area contributed by atoms with Crippen LogP contribution in [0.25, 0.3) is 22.3 Å². The highest BCUT2D eigenvalue weighted by molar-refractivity contribution is 7.47. The smallest absolute Gasteiger partial charge is 0.473 e. The average molecular weight is 903 g/mol. The Balaban J connectivity index is 1.54. The number of hydrogen-bond acceptors (Lipinski definition) is 16. The van der Waals surface area contributed by atoms with Gasteiger partial charge in [-0.05, 0) is 49.9 Å². The highest BCUT2D eigenvalue weighted by Crippen LogP contribution is 2.44. The van der Waals surface area contributed by atoms with Gasteiger partial charge >= 0.3 is 37.4 Å². The second kappa shape index (κ2) is 22.0. The summed E-state index contributed by atoms with van der Waals surface area (Å²) in [5.74, 6) is -9.56. The summed E-state index contributed by atoms with van der Waals surface area (Å²) in [7, 11) is -5.31. The maximum absolute atomic E-state index is 12.7. The number of phosphoric acid groups is 1. The van der Waals surface area contributed by atoms with Gasteiger partial charge in [0.1, 0.15) is 48.2 Å². The molecule has 1 aliphatic carbocycles. The first-order valence-electron chi connectivity index (χ1n) is 18.2. The van der Waals surface area contributed by atoms with Gasteiger partial charge in [0.15, 0.2) is 5.43 Å². The van der Waals surface area contributed by atoms with Gasteiger partial charge in [0, 0.05) is 25.3 Å². The number of carboxylic acid groups (broad SMARTS) is 4. The average Bonchev–Trinajstić information content (AvgIpc) is 3.17. The van der Waals surface area contributed by atoms with Crippen LogP contribution >= 0.6 is 7.82 Å². The molecule has 62 heavy (non-hydrogen) atoms. The Morgan fingerprint density at radius 2 is 1.29 bits per heavy atom. The zero-order chi connectivity index (χ0) is 46.6. The van der Waals surface area contributed by atoms with Gasteiger partial charge in [-0.15, -0.1) is 0 Å². The van der Waals surface area contributed by atoms with Gasteiger partial charge in [0.05, 0.1) is 24.2 Å². The molecule has 0 spiro atoms. The van der Waals surface area contributed by atoms with Gasteiger partial charge in [0.2, 0.25) is 17.7 Å². The van der Waals surface area contributed by atoms with Crippen molar-refractivity contribution in [1.29, 1.82) is 0 Å². The van der Waals surface area contributed by atoms with Crippen LogP contribution < -0.4 is 32.6 Å². The number of nitrogens with one attached hydrogen (secondary N) is 5. The van der Waals surface area contributed by atoms with Crippen molar-refractivity contribution in [3.05, 3.63) is 55.3 Å². The third-order valence-electron chi connectivity index (χ3n) is 8.90. The van der Waals surface area contributed by atoms with E-state index in [2.05, 4.69) is 9.51 Å². The third-order valence-corrected chi connectivity index (χ3v) is 9.95. The van der Waals surface area contributed by atoms with E-state index in [1.165, 1.54) is 18.2 Å². The second-order valence-electron chi connectivity index (χ2n) is 13.6. The molecule has 2 aliphatic rings. The number of rotatable bonds is 25. The molecule has 0 bridgehead atoms. The van der Waals surface area contributed by atoms with E-state index >= 15 is 0 Å². The summed E-state index contributed by atoms with van der Waals surface area (Å²) in [6.07, 6.45) is -11.8. The van der Waals surface area contributed by atoms with Crippen molar-refractivity contribution in [1.82, 2.24) is 30.5 Å². The first-order chi connectivity index (χ1) is 28.9. The molecule has 3 amide bonds. The van der Waals surface area contributed by atoms with Crippen molar-refractivity contribution < 1.29 is 87.8 Å². The number of fused-ring (bicyclic) bond motifs is 2. The van der Waals surface area contributed by atoms with Gasteiger partial charge in [0.25, 0.3) is 5.56 Å². The summed E-state index contributed by atoms with van der Waals surface area (Å²) in [5, 5.41) is 74.8. The zero-order valence-electron chi connectivity index (χ0n) is 32.3. The molecule has 0 radical (unpaired) electrons. The number of hydrogen-bond donors (Lipinski definition) is 13. The molecule has 1 aliphatic heterocycles. The number of amides is 3. The molecule has 340 valence electrons.